The maximum Gasteiger partial charge on any atom is 0.417 e. The topological polar surface area (TPSA) is 39.2 Å². The van der Waals surface area contributed by atoms with Crippen molar-refractivity contribution in [1.29, 1.82) is 0 Å². The second kappa shape index (κ2) is 5.37. The number of hydrogen-bond donors (Lipinski definition) is 0. The number of halogens is 3. The zero-order valence-electron chi connectivity index (χ0n) is 10.4. The summed E-state index contributed by atoms with van der Waals surface area (Å²) in [6, 6.07) is 0.866. The van der Waals surface area contributed by atoms with Gasteiger partial charge >= 0.3 is 12.1 Å². The molecule has 0 aromatic carbocycles. The molecule has 0 aliphatic carbocycles. The van der Waals surface area contributed by atoms with Gasteiger partial charge in [0.05, 0.1) is 23.9 Å². The van der Waals surface area contributed by atoms with Crippen LogP contribution in [0.2, 0.25) is 0 Å². The van der Waals surface area contributed by atoms with E-state index in [1.54, 1.807) is 6.92 Å². The van der Waals surface area contributed by atoms with E-state index in [0.717, 1.165) is 13.2 Å². The molecule has 0 radical (unpaired) electrons. The van der Waals surface area contributed by atoms with Crippen LogP contribution in [0, 0.1) is 6.92 Å². The number of pyridine rings is 1. The lowest BCUT2D eigenvalue weighted by molar-refractivity contribution is -0.138. The summed E-state index contributed by atoms with van der Waals surface area (Å²) >= 11 is 0. The summed E-state index contributed by atoms with van der Waals surface area (Å²) < 4.78 is 43.1. The second-order valence-corrected chi connectivity index (χ2v) is 3.87. The fraction of sp³-hybridized carbons (Fsp3) is 0.500. The van der Waals surface area contributed by atoms with Crippen LogP contribution in [0.1, 0.15) is 40.7 Å². The third-order valence-electron chi connectivity index (χ3n) is 2.40. The highest BCUT2D eigenvalue weighted by Crippen LogP contribution is 2.34. The Morgan fingerprint density at radius 2 is 2.06 bits per heavy atom. The van der Waals surface area contributed by atoms with Gasteiger partial charge in [0.25, 0.3) is 0 Å². The third kappa shape index (κ3) is 3.00. The first-order chi connectivity index (χ1) is 8.31. The predicted octanol–water partition coefficient (Wildman–Crippen LogP) is 3.15. The number of alkyl halides is 3. The highest BCUT2D eigenvalue weighted by molar-refractivity contribution is 5.92. The highest BCUT2D eigenvalue weighted by Gasteiger charge is 2.37. The molecule has 1 aromatic rings. The first-order valence-electron chi connectivity index (χ1n) is 5.47. The van der Waals surface area contributed by atoms with Crippen molar-refractivity contribution >= 4 is 5.97 Å². The number of aryl methyl sites for hydroxylation is 2. The average molecular weight is 261 g/mol. The van der Waals surface area contributed by atoms with Gasteiger partial charge in [-0.05, 0) is 19.4 Å². The average Bonchev–Trinajstić information content (AvgIpc) is 2.26. The maximum absolute atomic E-state index is 12.9. The Hall–Kier alpha value is -1.59. The number of esters is 1. The Bertz CT molecular complexity index is 455. The van der Waals surface area contributed by atoms with E-state index in [9.17, 15) is 18.0 Å². The van der Waals surface area contributed by atoms with E-state index in [-0.39, 0.29) is 11.4 Å². The van der Waals surface area contributed by atoms with Crippen LogP contribution >= 0.6 is 0 Å². The van der Waals surface area contributed by atoms with Crippen molar-refractivity contribution in [3.05, 3.63) is 28.6 Å². The molecule has 100 valence electrons. The molecule has 0 atom stereocenters. The molecule has 1 aromatic heterocycles. The minimum atomic E-state index is -4.60. The molecule has 0 saturated carbocycles. The zero-order valence-corrected chi connectivity index (χ0v) is 10.4. The van der Waals surface area contributed by atoms with Crippen LogP contribution in [0.5, 0.6) is 0 Å². The molecule has 0 bridgehead atoms. The normalized spacial score (nSPS) is 11.4. The van der Waals surface area contributed by atoms with Crippen LogP contribution in [0.25, 0.3) is 0 Å². The summed E-state index contributed by atoms with van der Waals surface area (Å²) in [7, 11) is 1.05. The molecule has 0 aliphatic rings. The molecule has 0 fully saturated rings. The van der Waals surface area contributed by atoms with Crippen LogP contribution in [0.3, 0.4) is 0 Å². The molecule has 6 heteroatoms. The fourth-order valence-electron chi connectivity index (χ4n) is 1.71. The molecular formula is C12H14F3NO2. The van der Waals surface area contributed by atoms with Gasteiger partial charge in [-0.15, -0.1) is 0 Å². The van der Waals surface area contributed by atoms with Crippen LogP contribution in [0.15, 0.2) is 6.07 Å². The van der Waals surface area contributed by atoms with Gasteiger partial charge in [0.15, 0.2) is 0 Å². The maximum atomic E-state index is 12.9. The molecule has 0 N–H and O–H groups in total. The van der Waals surface area contributed by atoms with Gasteiger partial charge in [-0.2, -0.15) is 13.2 Å². The quantitative estimate of drug-likeness (QED) is 0.784. The van der Waals surface area contributed by atoms with E-state index in [0.29, 0.717) is 12.8 Å². The lowest BCUT2D eigenvalue weighted by Gasteiger charge is -2.15. The number of hydrogen-bond acceptors (Lipinski definition) is 3. The minimum absolute atomic E-state index is 0.136. The van der Waals surface area contributed by atoms with Crippen molar-refractivity contribution in [3.8, 4) is 0 Å². The van der Waals surface area contributed by atoms with Gasteiger partial charge < -0.3 is 4.74 Å². The molecule has 1 heterocycles. The van der Waals surface area contributed by atoms with E-state index in [2.05, 4.69) is 9.72 Å². The van der Waals surface area contributed by atoms with Crippen molar-refractivity contribution in [1.82, 2.24) is 4.98 Å². The first kappa shape index (κ1) is 14.5. The summed E-state index contributed by atoms with van der Waals surface area (Å²) in [4.78, 5) is 15.5. The van der Waals surface area contributed by atoms with Crippen molar-refractivity contribution in [2.24, 2.45) is 0 Å². The Morgan fingerprint density at radius 1 is 1.44 bits per heavy atom. The van der Waals surface area contributed by atoms with Crippen molar-refractivity contribution in [3.63, 3.8) is 0 Å². The largest absolute Gasteiger partial charge is 0.465 e. The van der Waals surface area contributed by atoms with Crippen molar-refractivity contribution in [2.75, 3.05) is 7.11 Å². The van der Waals surface area contributed by atoms with Crippen LogP contribution in [-0.4, -0.2) is 18.1 Å². The minimum Gasteiger partial charge on any atom is -0.465 e. The Labute approximate surface area is 103 Å². The Morgan fingerprint density at radius 3 is 2.50 bits per heavy atom. The summed E-state index contributed by atoms with van der Waals surface area (Å²) in [5.41, 5.74) is -1.09. The number of aromatic nitrogens is 1. The van der Waals surface area contributed by atoms with Crippen molar-refractivity contribution in [2.45, 2.75) is 32.9 Å². The van der Waals surface area contributed by atoms with Crippen molar-refractivity contribution < 1.29 is 22.7 Å². The van der Waals surface area contributed by atoms with Gasteiger partial charge in [0.1, 0.15) is 0 Å². The van der Waals surface area contributed by atoms with Gasteiger partial charge in [0, 0.05) is 5.69 Å². The van der Waals surface area contributed by atoms with Gasteiger partial charge in [-0.1, -0.05) is 13.3 Å². The molecule has 0 aliphatic heterocycles. The second-order valence-electron chi connectivity index (χ2n) is 3.87. The monoisotopic (exact) mass is 261 g/mol. The molecule has 0 saturated heterocycles. The van der Waals surface area contributed by atoms with E-state index in [1.165, 1.54) is 6.92 Å². The Balaban J connectivity index is 3.52. The van der Waals surface area contributed by atoms with Gasteiger partial charge in [0.2, 0.25) is 0 Å². The number of carbonyl (C=O) groups excluding carboxylic acids is 1. The smallest absolute Gasteiger partial charge is 0.417 e. The van der Waals surface area contributed by atoms with Gasteiger partial charge in [-0.3, -0.25) is 4.98 Å². The molecule has 0 amide bonds. The summed E-state index contributed by atoms with van der Waals surface area (Å²) in [6.07, 6.45) is -3.70. The summed E-state index contributed by atoms with van der Waals surface area (Å²) in [5, 5.41) is 0. The zero-order chi connectivity index (χ0) is 13.9. The number of ether oxygens (including phenoxy) is 1. The van der Waals surface area contributed by atoms with Gasteiger partial charge in [-0.25, -0.2) is 4.79 Å². The van der Waals surface area contributed by atoms with E-state index < -0.39 is 23.3 Å². The lowest BCUT2D eigenvalue weighted by Crippen LogP contribution is -2.18. The fourth-order valence-corrected chi connectivity index (χ4v) is 1.71. The number of carbonyl (C=O) groups is 1. The highest BCUT2D eigenvalue weighted by atomic mass is 19.4. The molecule has 3 nitrogen and oxygen atoms in total. The number of methoxy groups -OCH3 is 1. The van der Waals surface area contributed by atoms with Crippen LogP contribution in [-0.2, 0) is 17.3 Å². The van der Waals surface area contributed by atoms with E-state index >= 15 is 0 Å². The lowest BCUT2D eigenvalue weighted by atomic mass is 10.0. The molecule has 1 rings (SSSR count). The first-order valence-corrected chi connectivity index (χ1v) is 5.47. The molecular weight excluding hydrogens is 247 g/mol. The predicted molar refractivity (Wildman–Crippen MR) is 59.3 cm³/mol. The molecule has 0 unspecified atom stereocenters. The molecule has 18 heavy (non-hydrogen) atoms. The number of nitrogens with zero attached hydrogens (tertiary/aromatic N) is 1. The Kier molecular flexibility index (Phi) is 4.32. The number of rotatable bonds is 3. The third-order valence-corrected chi connectivity index (χ3v) is 2.40. The van der Waals surface area contributed by atoms with Crippen LogP contribution < -0.4 is 0 Å². The summed E-state index contributed by atoms with van der Waals surface area (Å²) in [6.45, 7) is 3.27. The summed E-state index contributed by atoms with van der Waals surface area (Å²) in [5.74, 6) is -1.00. The standard InChI is InChI=1S/C12H14F3NO2/c1-4-5-9-10(11(17)18-3)8(12(13,14)15)6-7(2)16-9/h6H,4-5H2,1-3H3. The SMILES string of the molecule is CCCc1nc(C)cc(C(F)(F)F)c1C(=O)OC. The van der Waals surface area contributed by atoms with E-state index in [4.69, 9.17) is 0 Å². The van der Waals surface area contributed by atoms with Crippen LogP contribution in [0.4, 0.5) is 13.2 Å². The molecule has 0 spiro atoms. The van der Waals surface area contributed by atoms with E-state index in [1.807, 2.05) is 0 Å².